The molecule has 2 atom stereocenters. The maximum Gasteiger partial charge on any atom is 0.307 e. The lowest BCUT2D eigenvalue weighted by Gasteiger charge is -2.49. The Labute approximate surface area is 139 Å². The van der Waals surface area contributed by atoms with Gasteiger partial charge in [-0.1, -0.05) is 55.4 Å². The first kappa shape index (κ1) is 19.7. The van der Waals surface area contributed by atoms with Crippen LogP contribution in [0.4, 0.5) is 0 Å². The van der Waals surface area contributed by atoms with Gasteiger partial charge in [-0.15, -0.1) is 0 Å². The first-order valence-corrected chi connectivity index (χ1v) is 8.29. The van der Waals surface area contributed by atoms with Crippen molar-refractivity contribution in [3.63, 3.8) is 0 Å². The van der Waals surface area contributed by atoms with Gasteiger partial charge in [0.05, 0.1) is 11.8 Å². The maximum absolute atomic E-state index is 13.2. The third-order valence-corrected chi connectivity index (χ3v) is 4.69. The minimum atomic E-state index is -0.746. The van der Waals surface area contributed by atoms with Gasteiger partial charge in [-0.3, -0.25) is 14.4 Å². The molecule has 2 amide bonds. The van der Waals surface area contributed by atoms with E-state index in [0.29, 0.717) is 6.42 Å². The van der Waals surface area contributed by atoms with Crippen LogP contribution in [0.15, 0.2) is 0 Å². The summed E-state index contributed by atoms with van der Waals surface area (Å²) in [5.41, 5.74) is -1.12. The summed E-state index contributed by atoms with van der Waals surface area (Å²) in [5, 5.41) is 0. The van der Waals surface area contributed by atoms with Crippen LogP contribution in [0, 0.1) is 16.2 Å². The van der Waals surface area contributed by atoms with Gasteiger partial charge in [0.2, 0.25) is 11.8 Å². The second kappa shape index (κ2) is 6.25. The van der Waals surface area contributed by atoms with Crippen molar-refractivity contribution in [2.45, 2.75) is 80.9 Å². The van der Waals surface area contributed by atoms with Crippen molar-refractivity contribution >= 4 is 17.8 Å². The molecule has 5 nitrogen and oxygen atoms in total. The summed E-state index contributed by atoms with van der Waals surface area (Å²) in [4.78, 5) is 37.8. The van der Waals surface area contributed by atoms with Crippen LogP contribution in [0.25, 0.3) is 0 Å². The Kier molecular flexibility index (Phi) is 5.34. The zero-order chi connectivity index (χ0) is 18.2. The molecule has 1 saturated heterocycles. The summed E-state index contributed by atoms with van der Waals surface area (Å²) < 4.78 is 5.22. The molecule has 0 aromatic rings. The monoisotopic (exact) mass is 325 g/mol. The SMILES string of the molecule is CCC(=O)OC1CC(=O)N1C(=O)C(C)(CC(C)(C)C)C(C)(C)C. The fourth-order valence-corrected chi connectivity index (χ4v) is 2.95. The lowest BCUT2D eigenvalue weighted by Crippen LogP contribution is -2.63. The largest absolute Gasteiger partial charge is 0.440 e. The van der Waals surface area contributed by atoms with Gasteiger partial charge >= 0.3 is 5.97 Å². The summed E-state index contributed by atoms with van der Waals surface area (Å²) in [6.45, 7) is 15.9. The number of carbonyl (C=O) groups excluding carboxylic acids is 3. The molecule has 0 N–H and O–H groups in total. The first-order valence-electron chi connectivity index (χ1n) is 8.29. The molecule has 1 aliphatic heterocycles. The maximum atomic E-state index is 13.2. The highest BCUT2D eigenvalue weighted by Crippen LogP contribution is 2.49. The number of nitrogens with zero attached hydrogens (tertiary/aromatic N) is 1. The lowest BCUT2D eigenvalue weighted by molar-refractivity contribution is -0.195. The molecule has 0 radical (unpaired) electrons. The molecule has 132 valence electrons. The van der Waals surface area contributed by atoms with Crippen LogP contribution in [0.1, 0.15) is 74.7 Å². The van der Waals surface area contributed by atoms with Gasteiger partial charge in [0.15, 0.2) is 6.23 Å². The number of imide groups is 1. The quantitative estimate of drug-likeness (QED) is 0.586. The Bertz CT molecular complexity index is 498. The van der Waals surface area contributed by atoms with E-state index in [4.69, 9.17) is 4.74 Å². The van der Waals surface area contributed by atoms with Crippen LogP contribution in [0.5, 0.6) is 0 Å². The predicted molar refractivity (Wildman–Crippen MR) is 88.3 cm³/mol. The smallest absolute Gasteiger partial charge is 0.307 e. The highest BCUT2D eigenvalue weighted by molar-refractivity contribution is 6.02. The molecule has 0 aromatic carbocycles. The van der Waals surface area contributed by atoms with Gasteiger partial charge in [0, 0.05) is 6.42 Å². The number of likely N-dealkylation sites (tertiary alicyclic amines) is 1. The van der Waals surface area contributed by atoms with E-state index in [2.05, 4.69) is 20.8 Å². The van der Waals surface area contributed by atoms with Crippen LogP contribution < -0.4 is 0 Å². The van der Waals surface area contributed by atoms with Gasteiger partial charge < -0.3 is 4.74 Å². The Balaban J connectivity index is 3.09. The van der Waals surface area contributed by atoms with Crippen LogP contribution >= 0.6 is 0 Å². The lowest BCUT2D eigenvalue weighted by atomic mass is 9.60. The Hall–Kier alpha value is -1.39. The Morgan fingerprint density at radius 3 is 2.00 bits per heavy atom. The summed E-state index contributed by atoms with van der Waals surface area (Å²) in [5.74, 6) is -0.910. The van der Waals surface area contributed by atoms with E-state index in [1.165, 1.54) is 0 Å². The number of rotatable bonds is 4. The van der Waals surface area contributed by atoms with E-state index in [0.717, 1.165) is 4.90 Å². The molecular weight excluding hydrogens is 294 g/mol. The molecule has 0 spiro atoms. The third-order valence-electron chi connectivity index (χ3n) is 4.69. The van der Waals surface area contributed by atoms with Crippen molar-refractivity contribution < 1.29 is 19.1 Å². The number of β-lactam (4-membered cyclic amide) rings is 1. The van der Waals surface area contributed by atoms with Crippen LogP contribution in [-0.2, 0) is 19.1 Å². The highest BCUT2D eigenvalue weighted by Gasteiger charge is 2.54. The fraction of sp³-hybridized carbons (Fsp3) is 0.833. The average Bonchev–Trinajstić information content (AvgIpc) is 2.34. The zero-order valence-corrected chi connectivity index (χ0v) is 15.8. The number of amides is 2. The molecule has 1 aliphatic rings. The third kappa shape index (κ3) is 4.12. The molecule has 0 saturated carbocycles. The van der Waals surface area contributed by atoms with E-state index >= 15 is 0 Å². The van der Waals surface area contributed by atoms with E-state index in [1.807, 2.05) is 27.7 Å². The first-order chi connectivity index (χ1) is 10.2. The van der Waals surface area contributed by atoms with Gasteiger partial charge in [-0.25, -0.2) is 4.90 Å². The van der Waals surface area contributed by atoms with Crippen molar-refractivity contribution in [2.75, 3.05) is 0 Å². The van der Waals surface area contributed by atoms with Crippen molar-refractivity contribution in [3.05, 3.63) is 0 Å². The number of ether oxygens (including phenoxy) is 1. The molecule has 0 bridgehead atoms. The fourth-order valence-electron chi connectivity index (χ4n) is 2.95. The molecule has 5 heteroatoms. The molecule has 0 aromatic heterocycles. The minimum absolute atomic E-state index is 0.0683. The predicted octanol–water partition coefficient (Wildman–Crippen LogP) is 3.51. The van der Waals surface area contributed by atoms with Crippen molar-refractivity contribution in [3.8, 4) is 0 Å². The Morgan fingerprint density at radius 1 is 1.13 bits per heavy atom. The summed E-state index contributed by atoms with van der Waals surface area (Å²) >= 11 is 0. The van der Waals surface area contributed by atoms with Gasteiger partial charge in [-0.2, -0.15) is 0 Å². The number of esters is 1. The number of carbonyl (C=O) groups is 3. The van der Waals surface area contributed by atoms with Gasteiger partial charge in [0.1, 0.15) is 0 Å². The van der Waals surface area contributed by atoms with Crippen molar-refractivity contribution in [2.24, 2.45) is 16.2 Å². The van der Waals surface area contributed by atoms with E-state index in [9.17, 15) is 14.4 Å². The average molecular weight is 325 g/mol. The second-order valence-electron chi connectivity index (χ2n) is 8.89. The molecule has 1 heterocycles. The summed E-state index contributed by atoms with van der Waals surface area (Å²) in [6, 6.07) is 0. The number of hydrogen-bond donors (Lipinski definition) is 0. The van der Waals surface area contributed by atoms with E-state index < -0.39 is 17.6 Å². The Morgan fingerprint density at radius 2 is 1.65 bits per heavy atom. The molecular formula is C18H31NO4. The van der Waals surface area contributed by atoms with Gasteiger partial charge in [-0.05, 0) is 17.3 Å². The number of hydrogen-bond acceptors (Lipinski definition) is 4. The molecule has 2 unspecified atom stereocenters. The highest BCUT2D eigenvalue weighted by atomic mass is 16.6. The molecule has 1 fully saturated rings. The van der Waals surface area contributed by atoms with Crippen molar-refractivity contribution in [1.82, 2.24) is 4.90 Å². The second-order valence-corrected chi connectivity index (χ2v) is 8.89. The standard InChI is InChI=1S/C18H31NO4/c1-9-14(21)23-13-10-12(20)19(13)15(22)18(8,17(5,6)7)11-16(2,3)4/h13H,9-11H2,1-8H3. The van der Waals surface area contributed by atoms with E-state index in [-0.39, 0.29) is 35.5 Å². The molecule has 1 rings (SSSR count). The minimum Gasteiger partial charge on any atom is -0.440 e. The zero-order valence-electron chi connectivity index (χ0n) is 15.8. The molecule has 0 aliphatic carbocycles. The van der Waals surface area contributed by atoms with E-state index in [1.54, 1.807) is 6.92 Å². The summed E-state index contributed by atoms with van der Waals surface area (Å²) in [7, 11) is 0. The summed E-state index contributed by atoms with van der Waals surface area (Å²) in [6.07, 6.45) is 0.211. The molecule has 23 heavy (non-hydrogen) atoms. The van der Waals surface area contributed by atoms with Crippen molar-refractivity contribution in [1.29, 1.82) is 0 Å². The normalized spacial score (nSPS) is 21.5. The van der Waals surface area contributed by atoms with Crippen LogP contribution in [-0.4, -0.2) is 28.9 Å². The van der Waals surface area contributed by atoms with Crippen LogP contribution in [0.3, 0.4) is 0 Å². The van der Waals surface area contributed by atoms with Crippen LogP contribution in [0.2, 0.25) is 0 Å². The topological polar surface area (TPSA) is 63.7 Å². The van der Waals surface area contributed by atoms with Gasteiger partial charge in [0.25, 0.3) is 0 Å².